The molecule has 2 aliphatic heterocycles. The van der Waals surface area contributed by atoms with Gasteiger partial charge in [0.15, 0.2) is 11.5 Å². The van der Waals surface area contributed by atoms with Crippen molar-refractivity contribution in [3.05, 3.63) is 22.7 Å². The lowest BCUT2D eigenvalue weighted by molar-refractivity contribution is -0.129. The van der Waals surface area contributed by atoms with Crippen LogP contribution in [0.3, 0.4) is 0 Å². The van der Waals surface area contributed by atoms with Crippen LogP contribution in [0.5, 0.6) is 11.5 Å². The van der Waals surface area contributed by atoms with Crippen LogP contribution in [-0.2, 0) is 11.3 Å². The number of hydrogen-bond donors (Lipinski definition) is 1. The zero-order chi connectivity index (χ0) is 18.6. The Labute approximate surface area is 166 Å². The molecular formula is C21H29ClN2O3. The summed E-state index contributed by atoms with van der Waals surface area (Å²) < 4.78 is 10.8. The Morgan fingerprint density at radius 1 is 1.11 bits per heavy atom. The molecule has 0 bridgehead atoms. The monoisotopic (exact) mass is 392 g/mol. The Morgan fingerprint density at radius 3 is 2.70 bits per heavy atom. The van der Waals surface area contributed by atoms with Gasteiger partial charge in [-0.3, -0.25) is 4.79 Å². The fourth-order valence-electron chi connectivity index (χ4n) is 4.58. The standard InChI is InChI=1S/C21H29ClN2O3/c22-18-11-20-19(26-14-27-20)10-16(18)12-23-9-8-17-6-7-21(25)24(17)13-15-4-2-1-3-5-15/h10-11,15,17,23H,1-9,12-14H2/t17-/m1/s1. The van der Waals surface area contributed by atoms with Crippen LogP contribution in [0.25, 0.3) is 0 Å². The second-order valence-electron chi connectivity index (χ2n) is 8.00. The Hall–Kier alpha value is -1.46. The summed E-state index contributed by atoms with van der Waals surface area (Å²) >= 11 is 6.34. The molecule has 148 valence electrons. The fourth-order valence-corrected chi connectivity index (χ4v) is 4.80. The Morgan fingerprint density at radius 2 is 1.89 bits per heavy atom. The second kappa shape index (κ2) is 8.70. The first-order chi connectivity index (χ1) is 13.2. The summed E-state index contributed by atoms with van der Waals surface area (Å²) in [6.45, 7) is 2.80. The van der Waals surface area contributed by atoms with Crippen molar-refractivity contribution in [2.75, 3.05) is 19.9 Å². The summed E-state index contributed by atoms with van der Waals surface area (Å²) in [6.07, 6.45) is 9.31. The molecule has 6 heteroatoms. The highest BCUT2D eigenvalue weighted by molar-refractivity contribution is 6.31. The van der Waals surface area contributed by atoms with Gasteiger partial charge in [0, 0.05) is 36.6 Å². The third-order valence-electron chi connectivity index (χ3n) is 6.14. The third kappa shape index (κ3) is 4.52. The van der Waals surface area contributed by atoms with Gasteiger partial charge in [0.2, 0.25) is 12.7 Å². The molecule has 1 aliphatic carbocycles. The van der Waals surface area contributed by atoms with Gasteiger partial charge >= 0.3 is 0 Å². The highest BCUT2D eigenvalue weighted by Crippen LogP contribution is 2.36. The first-order valence-electron chi connectivity index (χ1n) is 10.3. The van der Waals surface area contributed by atoms with Crippen molar-refractivity contribution in [2.24, 2.45) is 5.92 Å². The van der Waals surface area contributed by atoms with E-state index >= 15 is 0 Å². The number of carbonyl (C=O) groups is 1. The number of nitrogens with one attached hydrogen (secondary N) is 1. The van der Waals surface area contributed by atoms with Crippen LogP contribution >= 0.6 is 11.6 Å². The number of fused-ring (bicyclic) bond motifs is 1. The van der Waals surface area contributed by atoms with E-state index in [-0.39, 0.29) is 6.79 Å². The fraction of sp³-hybridized carbons (Fsp3) is 0.667. The number of carbonyl (C=O) groups excluding carboxylic acids is 1. The van der Waals surface area contributed by atoms with Crippen LogP contribution in [0.4, 0.5) is 0 Å². The van der Waals surface area contributed by atoms with Crippen molar-refractivity contribution >= 4 is 17.5 Å². The van der Waals surface area contributed by atoms with Crippen molar-refractivity contribution in [2.45, 2.75) is 64.0 Å². The summed E-state index contributed by atoms with van der Waals surface area (Å²) in [6, 6.07) is 4.16. The average Bonchev–Trinajstić information content (AvgIpc) is 3.26. The lowest BCUT2D eigenvalue weighted by Gasteiger charge is -2.31. The first-order valence-corrected chi connectivity index (χ1v) is 10.7. The number of nitrogens with zero attached hydrogens (tertiary/aromatic N) is 1. The molecule has 1 amide bonds. The predicted octanol–water partition coefficient (Wildman–Crippen LogP) is 4.12. The first kappa shape index (κ1) is 18.9. The molecule has 27 heavy (non-hydrogen) atoms. The number of ether oxygens (including phenoxy) is 2. The number of likely N-dealkylation sites (tertiary alicyclic amines) is 1. The zero-order valence-corrected chi connectivity index (χ0v) is 16.6. The molecule has 5 nitrogen and oxygen atoms in total. The second-order valence-corrected chi connectivity index (χ2v) is 8.41. The lowest BCUT2D eigenvalue weighted by Crippen LogP contribution is -2.39. The van der Waals surface area contributed by atoms with Gasteiger partial charge in [0.25, 0.3) is 0 Å². The normalized spacial score (nSPS) is 22.6. The van der Waals surface area contributed by atoms with Crippen molar-refractivity contribution in [3.63, 3.8) is 0 Å². The summed E-state index contributed by atoms with van der Waals surface area (Å²) in [5, 5.41) is 4.18. The van der Waals surface area contributed by atoms with E-state index in [0.29, 0.717) is 41.6 Å². The minimum absolute atomic E-state index is 0.259. The molecule has 0 spiro atoms. The van der Waals surface area contributed by atoms with Crippen LogP contribution < -0.4 is 14.8 Å². The number of amides is 1. The molecule has 1 atom stereocenters. The molecule has 0 aromatic heterocycles. The van der Waals surface area contributed by atoms with E-state index in [9.17, 15) is 4.79 Å². The SMILES string of the molecule is O=C1CC[C@H](CCNCc2cc3c(cc2Cl)OCO3)N1CC1CCCCC1. The smallest absolute Gasteiger partial charge is 0.231 e. The topological polar surface area (TPSA) is 50.8 Å². The van der Waals surface area contributed by atoms with Gasteiger partial charge < -0.3 is 19.7 Å². The van der Waals surface area contributed by atoms with Gasteiger partial charge in [0.1, 0.15) is 0 Å². The molecule has 1 saturated carbocycles. The number of hydrogen-bond acceptors (Lipinski definition) is 4. The van der Waals surface area contributed by atoms with Crippen molar-refractivity contribution in [3.8, 4) is 11.5 Å². The molecule has 4 rings (SSSR count). The van der Waals surface area contributed by atoms with Gasteiger partial charge in [-0.2, -0.15) is 0 Å². The molecule has 2 heterocycles. The summed E-state index contributed by atoms with van der Waals surface area (Å²) in [7, 11) is 0. The average molecular weight is 393 g/mol. The lowest BCUT2D eigenvalue weighted by atomic mass is 9.88. The van der Waals surface area contributed by atoms with E-state index in [4.69, 9.17) is 21.1 Å². The van der Waals surface area contributed by atoms with Gasteiger partial charge in [0.05, 0.1) is 0 Å². The highest BCUT2D eigenvalue weighted by atomic mass is 35.5. The molecule has 1 aromatic rings. The summed E-state index contributed by atoms with van der Waals surface area (Å²) in [5.41, 5.74) is 1.02. The van der Waals surface area contributed by atoms with E-state index in [1.54, 1.807) is 0 Å². The van der Waals surface area contributed by atoms with Crippen molar-refractivity contribution in [1.82, 2.24) is 10.2 Å². The molecular weight excluding hydrogens is 364 g/mol. The highest BCUT2D eigenvalue weighted by Gasteiger charge is 2.32. The number of benzene rings is 1. The van der Waals surface area contributed by atoms with E-state index in [0.717, 1.165) is 37.2 Å². The van der Waals surface area contributed by atoms with E-state index < -0.39 is 0 Å². The molecule has 3 aliphatic rings. The Bertz CT molecular complexity index is 676. The molecule has 0 radical (unpaired) electrons. The molecule has 1 N–H and O–H groups in total. The van der Waals surface area contributed by atoms with E-state index in [1.807, 2.05) is 12.1 Å². The Kier molecular flexibility index (Phi) is 6.08. The molecule has 2 fully saturated rings. The zero-order valence-electron chi connectivity index (χ0n) is 15.8. The minimum atomic E-state index is 0.259. The van der Waals surface area contributed by atoms with Gasteiger partial charge in [-0.25, -0.2) is 0 Å². The van der Waals surface area contributed by atoms with E-state index in [2.05, 4.69) is 10.2 Å². The summed E-state index contributed by atoms with van der Waals surface area (Å²) in [4.78, 5) is 14.5. The maximum atomic E-state index is 12.3. The predicted molar refractivity (Wildman–Crippen MR) is 105 cm³/mol. The van der Waals surface area contributed by atoms with Gasteiger partial charge in [-0.15, -0.1) is 0 Å². The van der Waals surface area contributed by atoms with Crippen LogP contribution in [0.1, 0.15) is 56.9 Å². The van der Waals surface area contributed by atoms with E-state index in [1.165, 1.54) is 32.1 Å². The van der Waals surface area contributed by atoms with Crippen LogP contribution in [-0.4, -0.2) is 36.7 Å². The third-order valence-corrected chi connectivity index (χ3v) is 6.50. The Balaban J connectivity index is 1.25. The van der Waals surface area contributed by atoms with Crippen LogP contribution in [0, 0.1) is 5.92 Å². The largest absolute Gasteiger partial charge is 0.454 e. The molecule has 0 unspecified atom stereocenters. The van der Waals surface area contributed by atoms with Crippen molar-refractivity contribution < 1.29 is 14.3 Å². The minimum Gasteiger partial charge on any atom is -0.454 e. The summed E-state index contributed by atoms with van der Waals surface area (Å²) in [5.74, 6) is 2.54. The van der Waals surface area contributed by atoms with Crippen LogP contribution in [0.15, 0.2) is 12.1 Å². The molecule has 1 aromatic carbocycles. The maximum Gasteiger partial charge on any atom is 0.231 e. The number of rotatable bonds is 7. The number of halogens is 1. The van der Waals surface area contributed by atoms with Crippen LogP contribution in [0.2, 0.25) is 5.02 Å². The maximum absolute atomic E-state index is 12.3. The molecule has 1 saturated heterocycles. The van der Waals surface area contributed by atoms with Gasteiger partial charge in [-0.05, 0) is 49.8 Å². The van der Waals surface area contributed by atoms with Gasteiger partial charge in [-0.1, -0.05) is 30.9 Å². The quantitative estimate of drug-likeness (QED) is 0.709. The van der Waals surface area contributed by atoms with Crippen molar-refractivity contribution in [1.29, 1.82) is 0 Å².